The molecule has 124 valence electrons. The van der Waals surface area contributed by atoms with Crippen LogP contribution in [0.1, 0.15) is 30.0 Å². The minimum Gasteiger partial charge on any atom is -0.361 e. The topological polar surface area (TPSA) is 53.9 Å². The van der Waals surface area contributed by atoms with Gasteiger partial charge in [-0.05, 0) is 36.6 Å². The van der Waals surface area contributed by atoms with E-state index in [2.05, 4.69) is 10.1 Å². The van der Waals surface area contributed by atoms with Gasteiger partial charge in [-0.1, -0.05) is 0 Å². The van der Waals surface area contributed by atoms with Crippen LogP contribution in [0.4, 0.5) is 4.39 Å². The summed E-state index contributed by atoms with van der Waals surface area (Å²) in [5, 5.41) is 5.12. The molecule has 1 aromatic carbocycles. The summed E-state index contributed by atoms with van der Waals surface area (Å²) in [5.74, 6) is -0.176. The van der Waals surface area contributed by atoms with Crippen molar-refractivity contribution in [1.29, 1.82) is 0 Å². The third kappa shape index (κ3) is 2.58. The second-order valence-electron chi connectivity index (χ2n) is 6.37. The van der Waals surface area contributed by atoms with Crippen molar-refractivity contribution in [2.75, 3.05) is 6.54 Å². The molecule has 6 heteroatoms. The predicted molar refractivity (Wildman–Crippen MR) is 88.9 cm³/mol. The van der Waals surface area contributed by atoms with E-state index in [0.717, 1.165) is 41.4 Å². The van der Waals surface area contributed by atoms with Crippen LogP contribution in [0, 0.1) is 5.82 Å². The second-order valence-corrected chi connectivity index (χ2v) is 6.37. The molecule has 1 fully saturated rings. The molecule has 1 unspecified atom stereocenters. The summed E-state index contributed by atoms with van der Waals surface area (Å²) in [7, 11) is 1.88. The van der Waals surface area contributed by atoms with E-state index < -0.39 is 0 Å². The van der Waals surface area contributed by atoms with E-state index in [1.54, 1.807) is 16.9 Å². The highest BCUT2D eigenvalue weighted by Gasteiger charge is 2.30. The minimum absolute atomic E-state index is 0.103. The predicted octanol–water partition coefficient (Wildman–Crippen LogP) is 2.95. The molecule has 4 rings (SSSR count). The van der Waals surface area contributed by atoms with Crippen molar-refractivity contribution in [2.24, 2.45) is 7.05 Å². The van der Waals surface area contributed by atoms with Crippen LogP contribution < -0.4 is 0 Å². The average molecular weight is 326 g/mol. The zero-order valence-electron chi connectivity index (χ0n) is 13.5. The number of nitrogens with one attached hydrogen (secondary N) is 1. The summed E-state index contributed by atoms with van der Waals surface area (Å²) < 4.78 is 15.1. The summed E-state index contributed by atoms with van der Waals surface area (Å²) in [4.78, 5) is 17.8. The molecule has 3 heterocycles. The first-order valence-corrected chi connectivity index (χ1v) is 8.15. The molecule has 24 heavy (non-hydrogen) atoms. The highest BCUT2D eigenvalue weighted by atomic mass is 19.1. The number of aryl methyl sites for hydroxylation is 1. The molecule has 0 spiro atoms. The molecule has 1 atom stereocenters. The maximum atomic E-state index is 13.3. The molecule has 1 aliphatic heterocycles. The smallest absolute Gasteiger partial charge is 0.227 e. The van der Waals surface area contributed by atoms with Crippen molar-refractivity contribution in [3.8, 4) is 0 Å². The first-order chi connectivity index (χ1) is 11.6. The summed E-state index contributed by atoms with van der Waals surface area (Å²) in [6.45, 7) is 0.773. The SMILES string of the molecule is Cn1cc(C2CCCN2C(=O)Cc2c[nH]c3cc(F)ccc23)cn1. The van der Waals surface area contributed by atoms with E-state index in [-0.39, 0.29) is 17.8 Å². The van der Waals surface area contributed by atoms with Crippen LogP contribution in [0.3, 0.4) is 0 Å². The molecule has 1 aliphatic rings. The monoisotopic (exact) mass is 326 g/mol. The number of benzene rings is 1. The van der Waals surface area contributed by atoms with Crippen molar-refractivity contribution < 1.29 is 9.18 Å². The molecule has 0 saturated carbocycles. The fourth-order valence-corrected chi connectivity index (χ4v) is 3.59. The van der Waals surface area contributed by atoms with Crippen molar-refractivity contribution >= 4 is 16.8 Å². The number of rotatable bonds is 3. The number of hydrogen-bond acceptors (Lipinski definition) is 2. The van der Waals surface area contributed by atoms with Crippen molar-refractivity contribution in [3.63, 3.8) is 0 Å². The molecule has 0 bridgehead atoms. The third-order valence-corrected chi connectivity index (χ3v) is 4.75. The lowest BCUT2D eigenvalue weighted by molar-refractivity contribution is -0.131. The lowest BCUT2D eigenvalue weighted by atomic mass is 10.1. The van der Waals surface area contributed by atoms with Gasteiger partial charge in [0.15, 0.2) is 0 Å². The Hall–Kier alpha value is -2.63. The normalized spacial score (nSPS) is 17.8. The Morgan fingerprint density at radius 2 is 2.33 bits per heavy atom. The van der Waals surface area contributed by atoms with Crippen LogP contribution in [0.15, 0.2) is 36.8 Å². The van der Waals surface area contributed by atoms with E-state index in [1.165, 1.54) is 12.1 Å². The van der Waals surface area contributed by atoms with Crippen LogP contribution >= 0.6 is 0 Å². The minimum atomic E-state index is -0.279. The standard InChI is InChI=1S/C18H19FN4O/c1-22-11-13(10-21-22)17-3-2-6-23(17)18(24)7-12-9-20-16-8-14(19)4-5-15(12)16/h4-5,8-11,17,20H,2-3,6-7H2,1H3. The average Bonchev–Trinajstić information content (AvgIpc) is 3.26. The van der Waals surface area contributed by atoms with Gasteiger partial charge in [-0.3, -0.25) is 9.48 Å². The number of aromatic nitrogens is 3. The first kappa shape index (κ1) is 14.9. The molecule has 3 aromatic rings. The molecule has 1 amide bonds. The number of aromatic amines is 1. The molecule has 5 nitrogen and oxygen atoms in total. The number of halogens is 1. The Morgan fingerprint density at radius 3 is 3.12 bits per heavy atom. The van der Waals surface area contributed by atoms with Crippen LogP contribution in [0.2, 0.25) is 0 Å². The number of likely N-dealkylation sites (tertiary alicyclic amines) is 1. The number of carbonyl (C=O) groups is 1. The number of fused-ring (bicyclic) bond motifs is 1. The zero-order valence-corrected chi connectivity index (χ0v) is 13.5. The highest BCUT2D eigenvalue weighted by molar-refractivity contribution is 5.89. The molecule has 0 aliphatic carbocycles. The van der Waals surface area contributed by atoms with Gasteiger partial charge in [-0.2, -0.15) is 5.10 Å². The molecule has 1 N–H and O–H groups in total. The van der Waals surface area contributed by atoms with E-state index in [9.17, 15) is 9.18 Å². The van der Waals surface area contributed by atoms with Gasteiger partial charge in [0.2, 0.25) is 5.91 Å². The second kappa shape index (κ2) is 5.78. The Kier molecular flexibility index (Phi) is 3.59. The van der Waals surface area contributed by atoms with Gasteiger partial charge in [0.25, 0.3) is 0 Å². The summed E-state index contributed by atoms with van der Waals surface area (Å²) in [6.07, 6.45) is 7.91. The maximum Gasteiger partial charge on any atom is 0.227 e. The third-order valence-electron chi connectivity index (χ3n) is 4.75. The number of amides is 1. The highest BCUT2D eigenvalue weighted by Crippen LogP contribution is 2.32. The van der Waals surface area contributed by atoms with E-state index in [4.69, 9.17) is 0 Å². The number of nitrogens with zero attached hydrogens (tertiary/aromatic N) is 3. The number of H-pyrrole nitrogens is 1. The van der Waals surface area contributed by atoms with Crippen LogP contribution in [0.5, 0.6) is 0 Å². The molecular weight excluding hydrogens is 307 g/mol. The molecular formula is C18H19FN4O. The fourth-order valence-electron chi connectivity index (χ4n) is 3.59. The number of hydrogen-bond donors (Lipinski definition) is 1. The Balaban J connectivity index is 1.56. The van der Waals surface area contributed by atoms with Crippen LogP contribution in [-0.2, 0) is 18.3 Å². The zero-order chi connectivity index (χ0) is 16.7. The van der Waals surface area contributed by atoms with Gasteiger partial charge in [0, 0.05) is 42.5 Å². The van der Waals surface area contributed by atoms with Crippen LogP contribution in [-0.4, -0.2) is 32.1 Å². The quantitative estimate of drug-likeness (QED) is 0.804. The molecule has 1 saturated heterocycles. The van der Waals surface area contributed by atoms with Crippen molar-refractivity contribution in [3.05, 3.63) is 53.7 Å². The maximum absolute atomic E-state index is 13.3. The van der Waals surface area contributed by atoms with Gasteiger partial charge in [-0.15, -0.1) is 0 Å². The van der Waals surface area contributed by atoms with Crippen molar-refractivity contribution in [1.82, 2.24) is 19.7 Å². The van der Waals surface area contributed by atoms with Gasteiger partial charge in [0.05, 0.1) is 18.7 Å². The number of carbonyl (C=O) groups excluding carboxylic acids is 1. The molecule has 0 radical (unpaired) electrons. The van der Waals surface area contributed by atoms with Crippen molar-refractivity contribution in [2.45, 2.75) is 25.3 Å². The largest absolute Gasteiger partial charge is 0.361 e. The Morgan fingerprint density at radius 1 is 1.46 bits per heavy atom. The summed E-state index contributed by atoms with van der Waals surface area (Å²) in [5.41, 5.74) is 2.72. The van der Waals surface area contributed by atoms with Gasteiger partial charge >= 0.3 is 0 Å². The van der Waals surface area contributed by atoms with E-state index in [1.807, 2.05) is 24.3 Å². The molecule has 2 aromatic heterocycles. The Labute approximate surface area is 139 Å². The fraction of sp³-hybridized carbons (Fsp3) is 0.333. The lowest BCUT2D eigenvalue weighted by Gasteiger charge is -2.24. The lowest BCUT2D eigenvalue weighted by Crippen LogP contribution is -2.31. The van der Waals surface area contributed by atoms with E-state index >= 15 is 0 Å². The van der Waals surface area contributed by atoms with Gasteiger partial charge < -0.3 is 9.88 Å². The summed E-state index contributed by atoms with van der Waals surface area (Å²) in [6, 6.07) is 4.72. The van der Waals surface area contributed by atoms with Crippen LogP contribution in [0.25, 0.3) is 10.9 Å². The van der Waals surface area contributed by atoms with Gasteiger partial charge in [-0.25, -0.2) is 4.39 Å². The summed E-state index contributed by atoms with van der Waals surface area (Å²) >= 11 is 0. The Bertz CT molecular complexity index is 897. The van der Waals surface area contributed by atoms with E-state index in [0.29, 0.717) is 6.42 Å². The van der Waals surface area contributed by atoms with Gasteiger partial charge in [0.1, 0.15) is 5.82 Å². The first-order valence-electron chi connectivity index (χ1n) is 8.15.